The van der Waals surface area contributed by atoms with E-state index in [1.807, 2.05) is 6.07 Å². The van der Waals surface area contributed by atoms with Gasteiger partial charge in [0.05, 0.1) is 6.26 Å². The Kier molecular flexibility index (Phi) is 5.46. The smallest absolute Gasteiger partial charge is 0.105 e. The zero-order valence-electron chi connectivity index (χ0n) is 12.6. The van der Waals surface area contributed by atoms with Crippen LogP contribution in [0.3, 0.4) is 0 Å². The van der Waals surface area contributed by atoms with Gasteiger partial charge in [0, 0.05) is 38.1 Å². The molecule has 0 saturated carbocycles. The molecule has 0 radical (unpaired) electrons. The zero-order chi connectivity index (χ0) is 13.7. The molecule has 3 heteroatoms. The normalized spacial score (nSPS) is 25.1. The number of nitrogens with one attached hydrogen (secondary N) is 1. The molecule has 1 aliphatic heterocycles. The molecule has 2 rings (SSSR count). The van der Waals surface area contributed by atoms with Crippen molar-refractivity contribution in [3.63, 3.8) is 0 Å². The molecule has 108 valence electrons. The SMILES string of the molecule is CCCC1CN(CCc2ccco2)C(C(C)C)CN1. The summed E-state index contributed by atoms with van der Waals surface area (Å²) in [5.74, 6) is 1.81. The standard InChI is InChI=1S/C16H28N2O/c1-4-6-14-12-18(16(11-17-14)13(2)3)9-8-15-7-5-10-19-15/h5,7,10,13-14,16-17H,4,6,8-9,11-12H2,1-3H3. The van der Waals surface area contributed by atoms with E-state index >= 15 is 0 Å². The minimum absolute atomic E-state index is 0.656. The van der Waals surface area contributed by atoms with Crippen molar-refractivity contribution in [3.8, 4) is 0 Å². The summed E-state index contributed by atoms with van der Waals surface area (Å²) in [6.07, 6.45) is 5.33. The van der Waals surface area contributed by atoms with E-state index < -0.39 is 0 Å². The average Bonchev–Trinajstić information content (AvgIpc) is 2.89. The van der Waals surface area contributed by atoms with Gasteiger partial charge in [-0.15, -0.1) is 0 Å². The monoisotopic (exact) mass is 264 g/mol. The lowest BCUT2D eigenvalue weighted by atomic mass is 9.96. The summed E-state index contributed by atoms with van der Waals surface area (Å²) in [7, 11) is 0. The second-order valence-electron chi connectivity index (χ2n) is 6.03. The molecule has 0 aromatic carbocycles. The number of hydrogen-bond donors (Lipinski definition) is 1. The lowest BCUT2D eigenvalue weighted by Crippen LogP contribution is -2.58. The molecule has 0 spiro atoms. The Balaban J connectivity index is 1.91. The van der Waals surface area contributed by atoms with Crippen LogP contribution < -0.4 is 5.32 Å². The maximum Gasteiger partial charge on any atom is 0.105 e. The molecule has 0 bridgehead atoms. The zero-order valence-corrected chi connectivity index (χ0v) is 12.6. The maximum absolute atomic E-state index is 5.45. The first-order valence-electron chi connectivity index (χ1n) is 7.70. The van der Waals surface area contributed by atoms with E-state index in [-0.39, 0.29) is 0 Å². The summed E-state index contributed by atoms with van der Waals surface area (Å²) >= 11 is 0. The molecule has 0 amide bonds. The summed E-state index contributed by atoms with van der Waals surface area (Å²) in [4.78, 5) is 2.66. The van der Waals surface area contributed by atoms with Crippen LogP contribution in [-0.2, 0) is 6.42 Å². The number of piperazine rings is 1. The lowest BCUT2D eigenvalue weighted by Gasteiger charge is -2.42. The van der Waals surface area contributed by atoms with Gasteiger partial charge in [-0.25, -0.2) is 0 Å². The minimum Gasteiger partial charge on any atom is -0.469 e. The van der Waals surface area contributed by atoms with Crippen LogP contribution in [0.15, 0.2) is 22.8 Å². The Labute approximate surface area is 117 Å². The third kappa shape index (κ3) is 4.08. The first-order valence-corrected chi connectivity index (χ1v) is 7.70. The van der Waals surface area contributed by atoms with Gasteiger partial charge in [0.25, 0.3) is 0 Å². The van der Waals surface area contributed by atoms with Gasteiger partial charge in [0.2, 0.25) is 0 Å². The van der Waals surface area contributed by atoms with Crippen molar-refractivity contribution >= 4 is 0 Å². The highest BCUT2D eigenvalue weighted by Crippen LogP contribution is 2.17. The first-order chi connectivity index (χ1) is 9.20. The first kappa shape index (κ1) is 14.6. The van der Waals surface area contributed by atoms with Gasteiger partial charge in [0.15, 0.2) is 0 Å². The maximum atomic E-state index is 5.45. The summed E-state index contributed by atoms with van der Waals surface area (Å²) in [6, 6.07) is 5.38. The summed E-state index contributed by atoms with van der Waals surface area (Å²) < 4.78 is 5.45. The number of furan rings is 1. The summed E-state index contributed by atoms with van der Waals surface area (Å²) in [6.45, 7) is 10.3. The lowest BCUT2D eigenvalue weighted by molar-refractivity contribution is 0.0954. The Morgan fingerprint density at radius 1 is 1.47 bits per heavy atom. The van der Waals surface area contributed by atoms with Crippen molar-refractivity contribution in [1.29, 1.82) is 0 Å². The summed E-state index contributed by atoms with van der Waals surface area (Å²) in [5, 5.41) is 3.71. The van der Waals surface area contributed by atoms with E-state index in [1.165, 1.54) is 19.4 Å². The molecule has 1 fully saturated rings. The highest BCUT2D eigenvalue weighted by atomic mass is 16.3. The average molecular weight is 264 g/mol. The van der Waals surface area contributed by atoms with Crippen LogP contribution in [0.25, 0.3) is 0 Å². The molecule has 1 aliphatic rings. The van der Waals surface area contributed by atoms with Crippen molar-refractivity contribution < 1.29 is 4.42 Å². The highest BCUT2D eigenvalue weighted by Gasteiger charge is 2.29. The molecule has 1 aromatic rings. The Morgan fingerprint density at radius 2 is 2.32 bits per heavy atom. The minimum atomic E-state index is 0.656. The van der Waals surface area contributed by atoms with Gasteiger partial charge in [0.1, 0.15) is 5.76 Å². The van der Waals surface area contributed by atoms with Gasteiger partial charge in [-0.1, -0.05) is 27.2 Å². The van der Waals surface area contributed by atoms with E-state index in [1.54, 1.807) is 6.26 Å². The number of nitrogens with zero attached hydrogens (tertiary/aromatic N) is 1. The molecule has 19 heavy (non-hydrogen) atoms. The molecule has 2 atom stereocenters. The van der Waals surface area contributed by atoms with E-state index in [2.05, 4.69) is 37.1 Å². The third-order valence-corrected chi connectivity index (χ3v) is 4.17. The van der Waals surface area contributed by atoms with Crippen molar-refractivity contribution in [2.45, 2.75) is 52.1 Å². The van der Waals surface area contributed by atoms with Crippen LogP contribution in [-0.4, -0.2) is 36.6 Å². The van der Waals surface area contributed by atoms with Crippen LogP contribution >= 0.6 is 0 Å². The van der Waals surface area contributed by atoms with Crippen LogP contribution in [0.1, 0.15) is 39.4 Å². The quantitative estimate of drug-likeness (QED) is 0.856. The Bertz CT molecular complexity index is 348. The molecule has 2 unspecified atom stereocenters. The Hall–Kier alpha value is -0.800. The van der Waals surface area contributed by atoms with Crippen LogP contribution in [0.5, 0.6) is 0 Å². The molecule has 1 N–H and O–H groups in total. The van der Waals surface area contributed by atoms with Crippen LogP contribution in [0.2, 0.25) is 0 Å². The van der Waals surface area contributed by atoms with E-state index in [0.717, 1.165) is 25.3 Å². The van der Waals surface area contributed by atoms with Crippen molar-refractivity contribution in [2.24, 2.45) is 5.92 Å². The molecule has 3 nitrogen and oxygen atoms in total. The largest absolute Gasteiger partial charge is 0.469 e. The summed E-state index contributed by atoms with van der Waals surface area (Å²) in [5.41, 5.74) is 0. The van der Waals surface area contributed by atoms with Gasteiger partial charge >= 0.3 is 0 Å². The third-order valence-electron chi connectivity index (χ3n) is 4.17. The topological polar surface area (TPSA) is 28.4 Å². The fourth-order valence-corrected chi connectivity index (χ4v) is 3.06. The molecule has 1 saturated heterocycles. The Morgan fingerprint density at radius 3 is 2.95 bits per heavy atom. The second-order valence-corrected chi connectivity index (χ2v) is 6.03. The van der Waals surface area contributed by atoms with Gasteiger partial charge < -0.3 is 9.73 Å². The van der Waals surface area contributed by atoms with Crippen molar-refractivity contribution in [1.82, 2.24) is 10.2 Å². The van der Waals surface area contributed by atoms with Crippen molar-refractivity contribution in [3.05, 3.63) is 24.2 Å². The van der Waals surface area contributed by atoms with Gasteiger partial charge in [-0.3, -0.25) is 4.90 Å². The molecule has 1 aromatic heterocycles. The van der Waals surface area contributed by atoms with Gasteiger partial charge in [-0.05, 0) is 24.5 Å². The predicted octanol–water partition coefficient (Wildman–Crippen LogP) is 2.92. The molecular formula is C16H28N2O. The molecule has 2 heterocycles. The van der Waals surface area contributed by atoms with Crippen molar-refractivity contribution in [2.75, 3.05) is 19.6 Å². The molecular weight excluding hydrogens is 236 g/mol. The molecule has 0 aliphatic carbocycles. The number of rotatable bonds is 6. The van der Waals surface area contributed by atoms with Crippen LogP contribution in [0, 0.1) is 5.92 Å². The highest BCUT2D eigenvalue weighted by molar-refractivity contribution is 4.99. The van der Waals surface area contributed by atoms with E-state index in [4.69, 9.17) is 4.42 Å². The fourth-order valence-electron chi connectivity index (χ4n) is 3.06. The fraction of sp³-hybridized carbons (Fsp3) is 0.750. The second kappa shape index (κ2) is 7.11. The predicted molar refractivity (Wildman–Crippen MR) is 79.3 cm³/mol. The van der Waals surface area contributed by atoms with Gasteiger partial charge in [-0.2, -0.15) is 0 Å². The van der Waals surface area contributed by atoms with E-state index in [9.17, 15) is 0 Å². The van der Waals surface area contributed by atoms with Crippen LogP contribution in [0.4, 0.5) is 0 Å². The number of hydrogen-bond acceptors (Lipinski definition) is 3. The van der Waals surface area contributed by atoms with E-state index in [0.29, 0.717) is 18.0 Å².